The van der Waals surface area contributed by atoms with E-state index in [0.29, 0.717) is 6.01 Å². The molecule has 0 aliphatic carbocycles. The van der Waals surface area contributed by atoms with Crippen LogP contribution in [-0.4, -0.2) is 16.7 Å². The highest BCUT2D eigenvalue weighted by atomic mass is 79.9. The van der Waals surface area contributed by atoms with Crippen molar-refractivity contribution in [2.24, 2.45) is 7.05 Å². The topological polar surface area (TPSA) is 27.1 Å². The van der Waals surface area contributed by atoms with Gasteiger partial charge in [-0.15, -0.1) is 0 Å². The maximum absolute atomic E-state index is 5.11. The second-order valence-electron chi connectivity index (χ2n) is 2.79. The van der Waals surface area contributed by atoms with E-state index in [1.807, 2.05) is 29.8 Å². The van der Waals surface area contributed by atoms with Crippen LogP contribution in [0.4, 0.5) is 0 Å². The zero-order valence-electron chi connectivity index (χ0n) is 7.41. The summed E-state index contributed by atoms with van der Waals surface area (Å²) in [7, 11) is 3.55. The lowest BCUT2D eigenvalue weighted by atomic mass is 10.3. The van der Waals surface area contributed by atoms with Crippen LogP contribution in [0.1, 0.15) is 0 Å². The zero-order chi connectivity index (χ0) is 9.42. The van der Waals surface area contributed by atoms with Crippen molar-refractivity contribution in [3.05, 3.63) is 22.7 Å². The molecule has 0 saturated carbocycles. The normalized spacial score (nSPS) is 10.7. The number of hydrogen-bond acceptors (Lipinski definition) is 2. The maximum Gasteiger partial charge on any atom is 0.296 e. The predicted molar refractivity (Wildman–Crippen MR) is 55.0 cm³/mol. The summed E-state index contributed by atoms with van der Waals surface area (Å²) >= 11 is 3.42. The second kappa shape index (κ2) is 3.03. The summed E-state index contributed by atoms with van der Waals surface area (Å²) in [6.45, 7) is 0. The van der Waals surface area contributed by atoms with Crippen LogP contribution in [0.3, 0.4) is 0 Å². The Morgan fingerprint density at radius 3 is 2.92 bits per heavy atom. The van der Waals surface area contributed by atoms with Crippen LogP contribution in [0.5, 0.6) is 6.01 Å². The molecular weight excluding hydrogens is 232 g/mol. The lowest BCUT2D eigenvalue weighted by Gasteiger charge is -1.98. The van der Waals surface area contributed by atoms with Gasteiger partial charge in [-0.1, -0.05) is 15.9 Å². The number of nitrogens with zero attached hydrogens (tertiary/aromatic N) is 2. The van der Waals surface area contributed by atoms with Crippen LogP contribution < -0.4 is 4.74 Å². The molecule has 3 nitrogen and oxygen atoms in total. The van der Waals surface area contributed by atoms with Crippen molar-refractivity contribution >= 4 is 27.0 Å². The number of ether oxygens (including phenoxy) is 1. The van der Waals surface area contributed by atoms with E-state index in [4.69, 9.17) is 4.74 Å². The Morgan fingerprint density at radius 2 is 2.23 bits per heavy atom. The molecule has 0 amide bonds. The monoisotopic (exact) mass is 240 g/mol. The number of methoxy groups -OCH3 is 1. The summed E-state index contributed by atoms with van der Waals surface area (Å²) in [5.74, 6) is 0. The number of aromatic nitrogens is 2. The van der Waals surface area contributed by atoms with Gasteiger partial charge in [0.2, 0.25) is 0 Å². The molecule has 0 bridgehead atoms. The highest BCUT2D eigenvalue weighted by Gasteiger charge is 2.06. The lowest BCUT2D eigenvalue weighted by molar-refractivity contribution is 0.368. The highest BCUT2D eigenvalue weighted by Crippen LogP contribution is 2.22. The summed E-state index contributed by atoms with van der Waals surface area (Å²) in [6.07, 6.45) is 0. The Kier molecular flexibility index (Phi) is 2.00. The van der Waals surface area contributed by atoms with Crippen LogP contribution in [-0.2, 0) is 7.05 Å². The molecule has 0 spiro atoms. The first-order chi connectivity index (χ1) is 6.22. The van der Waals surface area contributed by atoms with Gasteiger partial charge < -0.3 is 4.74 Å². The second-order valence-corrected chi connectivity index (χ2v) is 3.71. The van der Waals surface area contributed by atoms with Gasteiger partial charge in [0.15, 0.2) is 0 Å². The number of imidazole rings is 1. The smallest absolute Gasteiger partial charge is 0.296 e. The van der Waals surface area contributed by atoms with Crippen LogP contribution in [0.25, 0.3) is 11.0 Å². The first kappa shape index (κ1) is 8.56. The van der Waals surface area contributed by atoms with Crippen LogP contribution in [0.15, 0.2) is 22.7 Å². The minimum atomic E-state index is 0.633. The number of fused-ring (bicyclic) bond motifs is 1. The molecule has 0 N–H and O–H groups in total. The van der Waals surface area contributed by atoms with Gasteiger partial charge in [0.05, 0.1) is 18.1 Å². The van der Waals surface area contributed by atoms with Crippen molar-refractivity contribution in [3.63, 3.8) is 0 Å². The van der Waals surface area contributed by atoms with Gasteiger partial charge in [0, 0.05) is 11.5 Å². The molecule has 1 aromatic heterocycles. The molecule has 0 saturated heterocycles. The molecule has 2 rings (SSSR count). The molecule has 2 aromatic rings. The molecule has 4 heteroatoms. The SMILES string of the molecule is COc1nc2ccc(Br)cc2n1C. The number of halogens is 1. The van der Waals surface area contributed by atoms with Crippen LogP contribution in [0.2, 0.25) is 0 Å². The minimum Gasteiger partial charge on any atom is -0.468 e. The number of rotatable bonds is 1. The van der Waals surface area contributed by atoms with Crippen molar-refractivity contribution in [2.45, 2.75) is 0 Å². The molecule has 0 unspecified atom stereocenters. The van der Waals surface area contributed by atoms with Crippen LogP contribution in [0, 0.1) is 0 Å². The molecular formula is C9H9BrN2O. The fourth-order valence-electron chi connectivity index (χ4n) is 1.32. The summed E-state index contributed by atoms with van der Waals surface area (Å²) in [6, 6.07) is 6.58. The van der Waals surface area contributed by atoms with Crippen molar-refractivity contribution in [3.8, 4) is 6.01 Å². The quantitative estimate of drug-likeness (QED) is 0.766. The zero-order valence-corrected chi connectivity index (χ0v) is 9.00. The van der Waals surface area contributed by atoms with Crippen LogP contribution >= 0.6 is 15.9 Å². The minimum absolute atomic E-state index is 0.633. The van der Waals surface area contributed by atoms with Gasteiger partial charge in [-0.25, -0.2) is 0 Å². The number of hydrogen-bond donors (Lipinski definition) is 0. The summed E-state index contributed by atoms with van der Waals surface area (Å²) < 4.78 is 8.07. The van der Waals surface area contributed by atoms with Gasteiger partial charge >= 0.3 is 0 Å². The largest absolute Gasteiger partial charge is 0.468 e. The van der Waals surface area contributed by atoms with E-state index < -0.39 is 0 Å². The number of aryl methyl sites for hydroxylation is 1. The van der Waals surface area contributed by atoms with E-state index >= 15 is 0 Å². The van der Waals surface area contributed by atoms with Gasteiger partial charge in [-0.05, 0) is 18.2 Å². The Balaban J connectivity index is 2.77. The summed E-state index contributed by atoms with van der Waals surface area (Å²) in [4.78, 5) is 4.29. The van der Waals surface area contributed by atoms with Gasteiger partial charge in [-0.3, -0.25) is 4.57 Å². The van der Waals surface area contributed by atoms with E-state index in [0.717, 1.165) is 15.5 Å². The molecule has 1 aromatic carbocycles. The molecule has 1 heterocycles. The number of benzene rings is 1. The molecule has 68 valence electrons. The molecule has 0 fully saturated rings. The molecule has 13 heavy (non-hydrogen) atoms. The first-order valence-electron chi connectivity index (χ1n) is 3.88. The van der Waals surface area contributed by atoms with Gasteiger partial charge in [0.1, 0.15) is 0 Å². The molecule has 0 atom stereocenters. The van der Waals surface area contributed by atoms with Gasteiger partial charge in [-0.2, -0.15) is 4.98 Å². The van der Waals surface area contributed by atoms with E-state index in [9.17, 15) is 0 Å². The predicted octanol–water partition coefficient (Wildman–Crippen LogP) is 2.34. The van der Waals surface area contributed by atoms with Crippen molar-refractivity contribution in [1.29, 1.82) is 0 Å². The lowest BCUT2D eigenvalue weighted by Crippen LogP contribution is -1.93. The third kappa shape index (κ3) is 1.31. The Morgan fingerprint density at radius 1 is 1.46 bits per heavy atom. The Hall–Kier alpha value is -1.03. The third-order valence-electron chi connectivity index (χ3n) is 1.98. The first-order valence-corrected chi connectivity index (χ1v) is 4.67. The Labute approximate surface area is 84.5 Å². The average molecular weight is 241 g/mol. The van der Waals surface area contributed by atoms with E-state index in [-0.39, 0.29) is 0 Å². The fraction of sp³-hybridized carbons (Fsp3) is 0.222. The van der Waals surface area contributed by atoms with Crippen molar-refractivity contribution in [2.75, 3.05) is 7.11 Å². The average Bonchev–Trinajstić information content (AvgIpc) is 2.44. The van der Waals surface area contributed by atoms with Crippen molar-refractivity contribution < 1.29 is 4.74 Å². The maximum atomic E-state index is 5.11. The highest BCUT2D eigenvalue weighted by molar-refractivity contribution is 9.10. The molecule has 0 aliphatic heterocycles. The molecule has 0 radical (unpaired) electrons. The molecule has 0 aliphatic rings. The van der Waals surface area contributed by atoms with E-state index in [2.05, 4.69) is 20.9 Å². The Bertz CT molecular complexity index is 450. The summed E-state index contributed by atoms with van der Waals surface area (Å²) in [5, 5.41) is 0. The standard InChI is InChI=1S/C9H9BrN2O/c1-12-8-5-6(10)3-4-7(8)11-9(12)13-2/h3-5H,1-2H3. The van der Waals surface area contributed by atoms with E-state index in [1.165, 1.54) is 0 Å². The van der Waals surface area contributed by atoms with Crippen molar-refractivity contribution in [1.82, 2.24) is 9.55 Å². The summed E-state index contributed by atoms with van der Waals surface area (Å²) in [5.41, 5.74) is 2.01. The fourth-order valence-corrected chi connectivity index (χ4v) is 1.67. The van der Waals surface area contributed by atoms with E-state index in [1.54, 1.807) is 7.11 Å². The van der Waals surface area contributed by atoms with Gasteiger partial charge in [0.25, 0.3) is 6.01 Å². The third-order valence-corrected chi connectivity index (χ3v) is 2.48.